The Kier molecular flexibility index (Phi) is 4.00. The van der Waals surface area contributed by atoms with Crippen LogP contribution in [0.5, 0.6) is 5.75 Å². The number of ether oxygens (including phenoxy) is 1. The van der Waals surface area contributed by atoms with Crippen LogP contribution >= 0.6 is 11.5 Å². The molecular weight excluding hydrogens is 246 g/mol. The van der Waals surface area contributed by atoms with Crippen molar-refractivity contribution in [2.45, 2.75) is 40.2 Å². The first kappa shape index (κ1) is 13.5. The van der Waals surface area contributed by atoms with Crippen molar-refractivity contribution in [3.05, 3.63) is 0 Å². The van der Waals surface area contributed by atoms with Gasteiger partial charge in [-0.15, -0.1) is 0 Å². The number of nitrogens with two attached hydrogens (primary N) is 1. The van der Waals surface area contributed by atoms with Gasteiger partial charge in [0, 0.05) is 13.1 Å². The van der Waals surface area contributed by atoms with Crippen molar-refractivity contribution >= 4 is 22.4 Å². The summed E-state index contributed by atoms with van der Waals surface area (Å²) in [6, 6.07) is 0. The molecule has 4 nitrogen and oxygen atoms in total. The number of aromatic nitrogens is 1. The smallest absolute Gasteiger partial charge is 0.198 e. The number of piperidine rings is 1. The van der Waals surface area contributed by atoms with Crippen molar-refractivity contribution in [2.24, 2.45) is 11.8 Å². The molecule has 1 aromatic rings. The molecule has 2 rings (SSSR count). The highest BCUT2D eigenvalue weighted by Gasteiger charge is 2.27. The molecule has 102 valence electrons. The van der Waals surface area contributed by atoms with Gasteiger partial charge in [0.2, 0.25) is 0 Å². The van der Waals surface area contributed by atoms with E-state index < -0.39 is 0 Å². The van der Waals surface area contributed by atoms with Crippen LogP contribution in [-0.4, -0.2) is 23.6 Å². The van der Waals surface area contributed by atoms with Gasteiger partial charge in [0.1, 0.15) is 0 Å². The SMILES string of the molecule is CC1CC(C)CN(c2snc(N)c2OC(C)C)C1. The van der Waals surface area contributed by atoms with Gasteiger partial charge in [-0.25, -0.2) is 0 Å². The van der Waals surface area contributed by atoms with E-state index in [2.05, 4.69) is 23.1 Å². The Morgan fingerprint density at radius 2 is 1.94 bits per heavy atom. The summed E-state index contributed by atoms with van der Waals surface area (Å²) in [6.45, 7) is 10.8. The molecule has 0 aromatic carbocycles. The molecule has 2 unspecified atom stereocenters. The normalized spacial score (nSPS) is 24.6. The number of rotatable bonds is 3. The molecule has 0 amide bonds. The maximum absolute atomic E-state index is 5.91. The fourth-order valence-corrected chi connectivity index (χ4v) is 3.43. The molecule has 0 aliphatic carbocycles. The zero-order chi connectivity index (χ0) is 13.3. The predicted molar refractivity (Wildman–Crippen MR) is 77.4 cm³/mol. The Hall–Kier alpha value is -0.970. The summed E-state index contributed by atoms with van der Waals surface area (Å²) in [6.07, 6.45) is 1.42. The van der Waals surface area contributed by atoms with Crippen molar-refractivity contribution < 1.29 is 4.74 Å². The first-order chi connectivity index (χ1) is 8.47. The molecule has 0 radical (unpaired) electrons. The number of hydrogen-bond donors (Lipinski definition) is 1. The molecular formula is C13H23N3OS. The number of hydrogen-bond acceptors (Lipinski definition) is 5. The molecule has 2 atom stereocenters. The van der Waals surface area contributed by atoms with E-state index in [4.69, 9.17) is 10.5 Å². The standard InChI is InChI=1S/C13H23N3OS/c1-8(2)17-11-12(14)15-18-13(11)16-6-9(3)5-10(4)7-16/h8-10H,5-7H2,1-4H3,(H2,14,15). The largest absolute Gasteiger partial charge is 0.484 e. The van der Waals surface area contributed by atoms with E-state index in [0.717, 1.165) is 23.8 Å². The van der Waals surface area contributed by atoms with Gasteiger partial charge in [0.15, 0.2) is 16.6 Å². The molecule has 1 saturated heterocycles. The second-order valence-corrected chi connectivity index (χ2v) is 6.47. The van der Waals surface area contributed by atoms with E-state index in [-0.39, 0.29) is 6.10 Å². The molecule has 2 heterocycles. The van der Waals surface area contributed by atoms with E-state index in [9.17, 15) is 0 Å². The summed E-state index contributed by atoms with van der Waals surface area (Å²) in [5, 5.41) is 1.10. The monoisotopic (exact) mass is 269 g/mol. The lowest BCUT2D eigenvalue weighted by Crippen LogP contribution is -2.38. The molecule has 0 spiro atoms. The molecule has 18 heavy (non-hydrogen) atoms. The fraction of sp³-hybridized carbons (Fsp3) is 0.769. The molecule has 1 aliphatic heterocycles. The van der Waals surface area contributed by atoms with Crippen LogP contribution in [0.25, 0.3) is 0 Å². The summed E-state index contributed by atoms with van der Waals surface area (Å²) in [5.41, 5.74) is 5.91. The van der Waals surface area contributed by atoms with Gasteiger partial charge in [0.05, 0.1) is 6.10 Å². The zero-order valence-electron chi connectivity index (χ0n) is 11.6. The minimum Gasteiger partial charge on any atom is -0.484 e. The lowest BCUT2D eigenvalue weighted by atomic mass is 9.92. The molecule has 0 bridgehead atoms. The average molecular weight is 269 g/mol. The number of nitrogen functional groups attached to an aromatic ring is 1. The van der Waals surface area contributed by atoms with Crippen molar-refractivity contribution in [1.29, 1.82) is 0 Å². The Balaban J connectivity index is 2.21. The highest BCUT2D eigenvalue weighted by molar-refractivity contribution is 7.11. The van der Waals surface area contributed by atoms with Gasteiger partial charge in [0.25, 0.3) is 0 Å². The first-order valence-corrected chi connectivity index (χ1v) is 7.41. The highest BCUT2D eigenvalue weighted by Crippen LogP contribution is 2.41. The zero-order valence-corrected chi connectivity index (χ0v) is 12.5. The van der Waals surface area contributed by atoms with Gasteiger partial charge in [-0.1, -0.05) is 13.8 Å². The summed E-state index contributed by atoms with van der Waals surface area (Å²) < 4.78 is 10.1. The van der Waals surface area contributed by atoms with Crippen LogP contribution in [0, 0.1) is 11.8 Å². The Morgan fingerprint density at radius 1 is 1.33 bits per heavy atom. The summed E-state index contributed by atoms with van der Waals surface area (Å²) in [5.74, 6) is 2.72. The molecule has 0 saturated carbocycles. The fourth-order valence-electron chi connectivity index (χ4n) is 2.66. The first-order valence-electron chi connectivity index (χ1n) is 6.64. The Morgan fingerprint density at radius 3 is 2.50 bits per heavy atom. The summed E-state index contributed by atoms with van der Waals surface area (Å²) >= 11 is 1.45. The van der Waals surface area contributed by atoms with Crippen LogP contribution in [0.2, 0.25) is 0 Å². The minimum absolute atomic E-state index is 0.127. The Bertz CT molecular complexity index is 395. The second kappa shape index (κ2) is 5.34. The van der Waals surface area contributed by atoms with Gasteiger partial charge in [-0.05, 0) is 43.6 Å². The summed E-state index contributed by atoms with van der Waals surface area (Å²) in [4.78, 5) is 2.38. The minimum atomic E-state index is 0.127. The van der Waals surface area contributed by atoms with E-state index in [1.807, 2.05) is 13.8 Å². The predicted octanol–water partition coefficient (Wildman–Crippen LogP) is 2.99. The second-order valence-electron chi connectivity index (χ2n) is 5.72. The third kappa shape index (κ3) is 2.88. The third-order valence-electron chi connectivity index (χ3n) is 3.17. The quantitative estimate of drug-likeness (QED) is 0.916. The molecule has 1 aromatic heterocycles. The van der Waals surface area contributed by atoms with Gasteiger partial charge >= 0.3 is 0 Å². The van der Waals surface area contributed by atoms with E-state index in [1.165, 1.54) is 18.0 Å². The molecule has 5 heteroatoms. The van der Waals surface area contributed by atoms with Crippen LogP contribution in [0.15, 0.2) is 0 Å². The van der Waals surface area contributed by atoms with Crippen molar-refractivity contribution in [3.63, 3.8) is 0 Å². The molecule has 1 aliphatic rings. The van der Waals surface area contributed by atoms with Crippen LogP contribution in [-0.2, 0) is 0 Å². The van der Waals surface area contributed by atoms with Crippen LogP contribution in [0.1, 0.15) is 34.1 Å². The van der Waals surface area contributed by atoms with Crippen molar-refractivity contribution in [1.82, 2.24) is 4.37 Å². The van der Waals surface area contributed by atoms with Crippen LogP contribution in [0.4, 0.5) is 10.8 Å². The van der Waals surface area contributed by atoms with Gasteiger partial charge in [-0.2, -0.15) is 4.37 Å². The van der Waals surface area contributed by atoms with Crippen LogP contribution in [0.3, 0.4) is 0 Å². The highest BCUT2D eigenvalue weighted by atomic mass is 32.1. The van der Waals surface area contributed by atoms with Crippen LogP contribution < -0.4 is 15.4 Å². The summed E-state index contributed by atoms with van der Waals surface area (Å²) in [7, 11) is 0. The van der Waals surface area contributed by atoms with E-state index in [0.29, 0.717) is 17.7 Å². The Labute approximate surface area is 113 Å². The van der Waals surface area contributed by atoms with Crippen molar-refractivity contribution in [3.8, 4) is 5.75 Å². The lowest BCUT2D eigenvalue weighted by Gasteiger charge is -2.35. The topological polar surface area (TPSA) is 51.4 Å². The van der Waals surface area contributed by atoms with Gasteiger partial charge < -0.3 is 15.4 Å². The van der Waals surface area contributed by atoms with E-state index >= 15 is 0 Å². The lowest BCUT2D eigenvalue weighted by molar-refractivity contribution is 0.243. The van der Waals surface area contributed by atoms with Gasteiger partial charge in [-0.3, -0.25) is 0 Å². The van der Waals surface area contributed by atoms with E-state index in [1.54, 1.807) is 0 Å². The molecule has 1 fully saturated rings. The number of nitrogens with zero attached hydrogens (tertiary/aromatic N) is 2. The maximum atomic E-state index is 5.91. The molecule has 2 N–H and O–H groups in total. The van der Waals surface area contributed by atoms with Crippen molar-refractivity contribution in [2.75, 3.05) is 23.7 Å². The average Bonchev–Trinajstić information content (AvgIpc) is 2.58. The third-order valence-corrected chi connectivity index (χ3v) is 4.07. The number of anilines is 2. The maximum Gasteiger partial charge on any atom is 0.198 e.